The molecule has 0 radical (unpaired) electrons. The molecule has 0 spiro atoms. The van der Waals surface area contributed by atoms with Gasteiger partial charge in [0.25, 0.3) is 0 Å². The molecule has 0 fully saturated rings. The Morgan fingerprint density at radius 2 is 2.15 bits per heavy atom. The fourth-order valence-electron chi connectivity index (χ4n) is 2.59. The van der Waals surface area contributed by atoms with Gasteiger partial charge in [0.15, 0.2) is 0 Å². The number of fused-ring (bicyclic) bond motifs is 1. The van der Waals surface area contributed by atoms with E-state index in [0.29, 0.717) is 5.88 Å². The molecule has 2 aromatic rings. The van der Waals surface area contributed by atoms with Crippen molar-refractivity contribution in [2.24, 2.45) is 0 Å². The molecule has 0 bridgehead atoms. The minimum atomic E-state index is 0.626. The number of aromatic nitrogens is 3. The second kappa shape index (κ2) is 5.63. The molecule has 1 aliphatic rings. The van der Waals surface area contributed by atoms with E-state index < -0.39 is 0 Å². The number of pyridine rings is 1. The Labute approximate surface area is 119 Å². The molecule has 0 saturated heterocycles. The monoisotopic (exact) mass is 272 g/mol. The van der Waals surface area contributed by atoms with Crippen molar-refractivity contribution in [2.75, 3.05) is 20.2 Å². The van der Waals surface area contributed by atoms with Crippen LogP contribution >= 0.6 is 0 Å². The molecule has 0 aromatic carbocycles. The maximum Gasteiger partial charge on any atom is 0.213 e. The Morgan fingerprint density at radius 1 is 1.25 bits per heavy atom. The Morgan fingerprint density at radius 3 is 2.95 bits per heavy atom. The maximum atomic E-state index is 5.18. The first kappa shape index (κ1) is 13.1. The highest BCUT2D eigenvalue weighted by Crippen LogP contribution is 2.22. The summed E-state index contributed by atoms with van der Waals surface area (Å²) in [7, 11) is 1.63. The molecule has 0 unspecified atom stereocenters. The van der Waals surface area contributed by atoms with Gasteiger partial charge in [0.2, 0.25) is 5.88 Å². The summed E-state index contributed by atoms with van der Waals surface area (Å²) in [6.45, 7) is 6.38. The number of hydrogen-bond donors (Lipinski definition) is 0. The lowest BCUT2D eigenvalue weighted by Gasteiger charge is -2.15. The Hall–Kier alpha value is -1.88. The molecule has 1 aliphatic heterocycles. The molecule has 3 rings (SSSR count). The molecular weight excluding hydrogens is 252 g/mol. The zero-order valence-corrected chi connectivity index (χ0v) is 12.0. The summed E-state index contributed by atoms with van der Waals surface area (Å²) in [5, 5.41) is 4.70. The number of ether oxygens (including phenoxy) is 1. The fraction of sp³-hybridized carbons (Fsp3) is 0.467. The standard InChI is InChI=1S/C15H20N4O/c1-3-18-8-5-9-19-12(11-18)10-14(17-19)13-6-4-7-15(16-13)20-2/h4,6-7,10H,3,5,8-9,11H2,1-2H3. The Balaban J connectivity index is 1.92. The van der Waals surface area contributed by atoms with Crippen LogP contribution in [-0.4, -0.2) is 39.9 Å². The molecule has 0 aliphatic carbocycles. The van der Waals surface area contributed by atoms with Gasteiger partial charge in [0.1, 0.15) is 5.69 Å². The highest BCUT2D eigenvalue weighted by atomic mass is 16.5. The van der Waals surface area contributed by atoms with Crippen LogP contribution in [0.1, 0.15) is 19.0 Å². The number of rotatable bonds is 3. The van der Waals surface area contributed by atoms with Crippen molar-refractivity contribution in [3.05, 3.63) is 30.0 Å². The molecule has 5 heteroatoms. The predicted molar refractivity (Wildman–Crippen MR) is 77.6 cm³/mol. The van der Waals surface area contributed by atoms with Crippen LogP contribution in [0.2, 0.25) is 0 Å². The van der Waals surface area contributed by atoms with Gasteiger partial charge in [-0.05, 0) is 25.1 Å². The van der Waals surface area contributed by atoms with Crippen LogP contribution in [0.25, 0.3) is 11.4 Å². The average Bonchev–Trinajstić information content (AvgIpc) is 2.79. The van der Waals surface area contributed by atoms with Crippen LogP contribution in [0.4, 0.5) is 0 Å². The third kappa shape index (κ3) is 2.54. The summed E-state index contributed by atoms with van der Waals surface area (Å²) in [6.07, 6.45) is 1.15. The van der Waals surface area contributed by atoms with Gasteiger partial charge < -0.3 is 4.74 Å². The van der Waals surface area contributed by atoms with E-state index >= 15 is 0 Å². The van der Waals surface area contributed by atoms with Crippen molar-refractivity contribution < 1.29 is 4.74 Å². The van der Waals surface area contributed by atoms with Gasteiger partial charge in [-0.3, -0.25) is 9.58 Å². The van der Waals surface area contributed by atoms with E-state index in [9.17, 15) is 0 Å². The topological polar surface area (TPSA) is 43.2 Å². The van der Waals surface area contributed by atoms with E-state index in [0.717, 1.165) is 44.0 Å². The van der Waals surface area contributed by atoms with Crippen LogP contribution in [0.5, 0.6) is 5.88 Å². The maximum absolute atomic E-state index is 5.18. The van der Waals surface area contributed by atoms with E-state index in [1.54, 1.807) is 7.11 Å². The van der Waals surface area contributed by atoms with Gasteiger partial charge in [0, 0.05) is 25.7 Å². The predicted octanol–water partition coefficient (Wildman–Crippen LogP) is 2.18. The lowest BCUT2D eigenvalue weighted by Crippen LogP contribution is -2.22. The second-order valence-electron chi connectivity index (χ2n) is 5.03. The Kier molecular flexibility index (Phi) is 3.69. The third-order valence-corrected chi connectivity index (χ3v) is 3.74. The number of methoxy groups -OCH3 is 1. The van der Waals surface area contributed by atoms with E-state index in [2.05, 4.69) is 27.6 Å². The molecule has 2 aromatic heterocycles. The van der Waals surface area contributed by atoms with Gasteiger partial charge in [0.05, 0.1) is 18.5 Å². The molecular formula is C15H20N4O. The highest BCUT2D eigenvalue weighted by Gasteiger charge is 2.16. The zero-order chi connectivity index (χ0) is 13.9. The van der Waals surface area contributed by atoms with Gasteiger partial charge >= 0.3 is 0 Å². The quantitative estimate of drug-likeness (QED) is 0.859. The van der Waals surface area contributed by atoms with Gasteiger partial charge in [-0.15, -0.1) is 0 Å². The number of hydrogen-bond acceptors (Lipinski definition) is 4. The van der Waals surface area contributed by atoms with Crippen molar-refractivity contribution in [3.8, 4) is 17.3 Å². The average molecular weight is 272 g/mol. The van der Waals surface area contributed by atoms with Crippen molar-refractivity contribution in [1.29, 1.82) is 0 Å². The van der Waals surface area contributed by atoms with Crippen molar-refractivity contribution in [3.63, 3.8) is 0 Å². The van der Waals surface area contributed by atoms with Crippen LogP contribution in [0, 0.1) is 0 Å². The minimum Gasteiger partial charge on any atom is -0.481 e. The summed E-state index contributed by atoms with van der Waals surface area (Å²) in [6, 6.07) is 7.92. The van der Waals surface area contributed by atoms with Crippen LogP contribution in [-0.2, 0) is 13.1 Å². The Bertz CT molecular complexity index is 593. The molecule has 5 nitrogen and oxygen atoms in total. The molecule has 0 saturated carbocycles. The molecule has 0 N–H and O–H groups in total. The summed E-state index contributed by atoms with van der Waals surface area (Å²) in [4.78, 5) is 6.90. The second-order valence-corrected chi connectivity index (χ2v) is 5.03. The number of aryl methyl sites for hydroxylation is 1. The first-order valence-electron chi connectivity index (χ1n) is 7.10. The first-order valence-corrected chi connectivity index (χ1v) is 7.10. The minimum absolute atomic E-state index is 0.626. The van der Waals surface area contributed by atoms with Crippen LogP contribution in [0.3, 0.4) is 0 Å². The third-order valence-electron chi connectivity index (χ3n) is 3.74. The molecule has 20 heavy (non-hydrogen) atoms. The molecule has 106 valence electrons. The van der Waals surface area contributed by atoms with Gasteiger partial charge in [-0.2, -0.15) is 5.10 Å². The van der Waals surface area contributed by atoms with Gasteiger partial charge in [-0.25, -0.2) is 4.98 Å². The number of nitrogens with zero attached hydrogens (tertiary/aromatic N) is 4. The van der Waals surface area contributed by atoms with Crippen molar-refractivity contribution in [1.82, 2.24) is 19.7 Å². The molecule has 3 heterocycles. The van der Waals surface area contributed by atoms with Crippen molar-refractivity contribution in [2.45, 2.75) is 26.4 Å². The zero-order valence-electron chi connectivity index (χ0n) is 12.0. The van der Waals surface area contributed by atoms with E-state index in [1.165, 1.54) is 5.69 Å². The lowest BCUT2D eigenvalue weighted by atomic mass is 10.2. The molecule has 0 atom stereocenters. The lowest BCUT2D eigenvalue weighted by molar-refractivity contribution is 0.284. The summed E-state index contributed by atoms with van der Waals surface area (Å²) in [5.41, 5.74) is 3.06. The van der Waals surface area contributed by atoms with E-state index in [1.807, 2.05) is 18.2 Å². The fourth-order valence-corrected chi connectivity index (χ4v) is 2.59. The van der Waals surface area contributed by atoms with E-state index in [-0.39, 0.29) is 0 Å². The highest BCUT2D eigenvalue weighted by molar-refractivity contribution is 5.55. The first-order chi connectivity index (χ1) is 9.80. The molecule has 0 amide bonds. The van der Waals surface area contributed by atoms with Crippen molar-refractivity contribution >= 4 is 0 Å². The van der Waals surface area contributed by atoms with Crippen LogP contribution < -0.4 is 4.74 Å². The SMILES string of the molecule is CCN1CCCn2nc(-c3cccc(OC)n3)cc2C1. The van der Waals surface area contributed by atoms with E-state index in [4.69, 9.17) is 9.84 Å². The van der Waals surface area contributed by atoms with Gasteiger partial charge in [-0.1, -0.05) is 13.0 Å². The largest absolute Gasteiger partial charge is 0.481 e. The van der Waals surface area contributed by atoms with Crippen LogP contribution in [0.15, 0.2) is 24.3 Å². The summed E-state index contributed by atoms with van der Waals surface area (Å²) in [5.74, 6) is 0.626. The summed E-state index contributed by atoms with van der Waals surface area (Å²) >= 11 is 0. The smallest absolute Gasteiger partial charge is 0.213 e. The summed E-state index contributed by atoms with van der Waals surface area (Å²) < 4.78 is 7.30. The normalized spacial score (nSPS) is 15.7.